The van der Waals surface area contributed by atoms with Crippen LogP contribution in [0.25, 0.3) is 6.08 Å². The van der Waals surface area contributed by atoms with Gasteiger partial charge in [-0.2, -0.15) is 13.4 Å². The van der Waals surface area contributed by atoms with E-state index in [1.54, 1.807) is 24.3 Å². The van der Waals surface area contributed by atoms with E-state index in [1.807, 2.05) is 54.6 Å². The van der Waals surface area contributed by atoms with Gasteiger partial charge < -0.3 is 4.74 Å². The average molecular weight is 494 g/mol. The highest BCUT2D eigenvalue weighted by Crippen LogP contribution is 2.33. The van der Waals surface area contributed by atoms with Crippen LogP contribution in [0.1, 0.15) is 11.1 Å². The first-order valence-corrected chi connectivity index (χ1v) is 12.4. The van der Waals surface area contributed by atoms with Crippen LogP contribution in [0, 0.1) is 0 Å². The van der Waals surface area contributed by atoms with Crippen LogP contribution in [-0.4, -0.2) is 29.5 Å². The molecular formula is C23H15N3O4S3. The van der Waals surface area contributed by atoms with Gasteiger partial charge in [0.1, 0.15) is 16.4 Å². The number of thiocarbonyl (C=S) groups is 1. The van der Waals surface area contributed by atoms with Gasteiger partial charge in [0.15, 0.2) is 10.2 Å². The summed E-state index contributed by atoms with van der Waals surface area (Å²) in [4.78, 5) is 13.5. The Morgan fingerprint density at radius 2 is 1.70 bits per heavy atom. The summed E-state index contributed by atoms with van der Waals surface area (Å²) in [7, 11) is -3.82. The van der Waals surface area contributed by atoms with Crippen LogP contribution in [0.15, 0.2) is 93.1 Å². The molecule has 0 spiro atoms. The van der Waals surface area contributed by atoms with Gasteiger partial charge in [0.2, 0.25) is 0 Å². The summed E-state index contributed by atoms with van der Waals surface area (Å²) >= 11 is 6.46. The van der Waals surface area contributed by atoms with Crippen molar-refractivity contribution in [1.82, 2.24) is 10.4 Å². The molecule has 1 saturated heterocycles. The number of benzene rings is 3. The van der Waals surface area contributed by atoms with Crippen molar-refractivity contribution < 1.29 is 17.9 Å². The van der Waals surface area contributed by atoms with E-state index < -0.39 is 15.9 Å². The Morgan fingerprint density at radius 3 is 2.52 bits per heavy atom. The van der Waals surface area contributed by atoms with Crippen molar-refractivity contribution in [3.63, 3.8) is 0 Å². The minimum absolute atomic E-state index is 0.0569. The van der Waals surface area contributed by atoms with Gasteiger partial charge in [-0.1, -0.05) is 54.2 Å². The molecule has 1 amide bonds. The normalized spacial score (nSPS) is 17.8. The van der Waals surface area contributed by atoms with Crippen molar-refractivity contribution in [2.45, 2.75) is 4.90 Å². The molecule has 7 nitrogen and oxygen atoms in total. The highest BCUT2D eigenvalue weighted by molar-refractivity contribution is 8.26. The third-order valence-corrected chi connectivity index (χ3v) is 7.41. The summed E-state index contributed by atoms with van der Waals surface area (Å²) in [5.74, 6) is 0.994. The molecule has 33 heavy (non-hydrogen) atoms. The number of hydrazine groups is 1. The Labute approximate surface area is 199 Å². The minimum atomic E-state index is -3.82. The van der Waals surface area contributed by atoms with Gasteiger partial charge in [-0.15, -0.1) is 4.40 Å². The Balaban J connectivity index is 1.37. The van der Waals surface area contributed by atoms with Crippen molar-refractivity contribution in [1.29, 1.82) is 0 Å². The lowest BCUT2D eigenvalue weighted by molar-refractivity contribution is -0.123. The summed E-state index contributed by atoms with van der Waals surface area (Å²) in [5, 5.41) is 1.13. The second-order valence-electron chi connectivity index (χ2n) is 7.03. The number of thioether (sulfide) groups is 1. The molecule has 0 radical (unpaired) electrons. The lowest BCUT2D eigenvalue weighted by Crippen LogP contribution is -2.44. The van der Waals surface area contributed by atoms with E-state index in [-0.39, 0.29) is 15.1 Å². The number of hydrogen-bond acceptors (Lipinski definition) is 7. The molecule has 10 heteroatoms. The van der Waals surface area contributed by atoms with Crippen LogP contribution in [0.4, 0.5) is 0 Å². The summed E-state index contributed by atoms with van der Waals surface area (Å²) in [6.45, 7) is 0. The van der Waals surface area contributed by atoms with Crippen molar-refractivity contribution >= 4 is 56.1 Å². The van der Waals surface area contributed by atoms with Crippen LogP contribution in [0.5, 0.6) is 11.5 Å². The van der Waals surface area contributed by atoms with E-state index in [1.165, 1.54) is 6.07 Å². The standard InChI is InChI=1S/C23H15N3O4S3/c27-22-19(14-15-7-6-10-17(13-15)30-16-8-2-1-3-9-16)32-23(31)26(22)24-21-18-11-4-5-12-20(18)33(28,29)25-21/h1-14H,(H,24,25)/b19-14+. The number of para-hydroxylation sites is 1. The molecule has 2 heterocycles. The largest absolute Gasteiger partial charge is 0.457 e. The molecule has 0 saturated carbocycles. The summed E-state index contributed by atoms with van der Waals surface area (Å²) in [6, 6.07) is 23.1. The van der Waals surface area contributed by atoms with Gasteiger partial charge in [0, 0.05) is 5.56 Å². The first-order valence-electron chi connectivity index (χ1n) is 9.73. The molecule has 0 bridgehead atoms. The Morgan fingerprint density at radius 1 is 0.970 bits per heavy atom. The summed E-state index contributed by atoms with van der Waals surface area (Å²) < 4.78 is 34.4. The molecule has 2 aliphatic rings. The van der Waals surface area contributed by atoms with Crippen molar-refractivity contribution in [3.8, 4) is 11.5 Å². The van der Waals surface area contributed by atoms with Crippen LogP contribution in [0.2, 0.25) is 0 Å². The Hall–Kier alpha value is -3.47. The molecule has 3 aromatic carbocycles. The zero-order valence-corrected chi connectivity index (χ0v) is 19.3. The first-order chi connectivity index (χ1) is 15.9. The topological polar surface area (TPSA) is 88.1 Å². The van der Waals surface area contributed by atoms with Crippen LogP contribution < -0.4 is 10.2 Å². The molecular weight excluding hydrogens is 478 g/mol. The number of rotatable bonds is 4. The molecule has 1 fully saturated rings. The van der Waals surface area contributed by atoms with E-state index in [0.717, 1.165) is 22.3 Å². The number of nitrogens with one attached hydrogen (secondary N) is 1. The molecule has 2 aliphatic heterocycles. The van der Waals surface area contributed by atoms with E-state index in [9.17, 15) is 13.2 Å². The number of hydrogen-bond donors (Lipinski definition) is 1. The molecule has 0 atom stereocenters. The number of carbonyl (C=O) groups excluding carboxylic acids is 1. The van der Waals surface area contributed by atoms with E-state index in [4.69, 9.17) is 17.0 Å². The average Bonchev–Trinajstić information content (AvgIpc) is 3.22. The highest BCUT2D eigenvalue weighted by atomic mass is 32.2. The predicted octanol–water partition coefficient (Wildman–Crippen LogP) is 4.33. The van der Waals surface area contributed by atoms with E-state index in [0.29, 0.717) is 22.0 Å². The van der Waals surface area contributed by atoms with Gasteiger partial charge in [0.25, 0.3) is 15.9 Å². The number of carbonyl (C=O) groups is 1. The number of nitrogens with zero attached hydrogens (tertiary/aromatic N) is 2. The predicted molar refractivity (Wildman–Crippen MR) is 131 cm³/mol. The monoisotopic (exact) mass is 493 g/mol. The van der Waals surface area contributed by atoms with Crippen molar-refractivity contribution in [3.05, 3.63) is 94.9 Å². The summed E-state index contributed by atoms with van der Waals surface area (Å²) in [6.07, 6.45) is 1.71. The molecule has 5 rings (SSSR count). The second kappa shape index (κ2) is 8.47. The van der Waals surface area contributed by atoms with Crippen LogP contribution in [0.3, 0.4) is 0 Å². The van der Waals surface area contributed by atoms with Crippen molar-refractivity contribution in [2.24, 2.45) is 4.40 Å². The smallest absolute Gasteiger partial charge is 0.285 e. The zero-order valence-electron chi connectivity index (χ0n) is 16.8. The van der Waals surface area contributed by atoms with Gasteiger partial charge in [-0.05, 0) is 60.3 Å². The Kier molecular flexibility index (Phi) is 5.49. The number of fused-ring (bicyclic) bond motifs is 1. The number of sulfonamides is 1. The fourth-order valence-corrected chi connectivity index (χ4v) is 5.65. The third kappa shape index (κ3) is 4.28. The second-order valence-corrected chi connectivity index (χ2v) is 10.3. The van der Waals surface area contributed by atoms with Gasteiger partial charge in [-0.3, -0.25) is 10.2 Å². The SMILES string of the molecule is O=C1/C(=C\c2cccc(Oc3ccccc3)c2)SC(=S)N1NC1=NS(=O)(=O)c2ccccc21. The third-order valence-electron chi connectivity index (χ3n) is 4.78. The first kappa shape index (κ1) is 21.4. The van der Waals surface area contributed by atoms with Gasteiger partial charge in [0.05, 0.1) is 4.91 Å². The quantitative estimate of drug-likeness (QED) is 0.427. The van der Waals surface area contributed by atoms with Gasteiger partial charge >= 0.3 is 0 Å². The van der Waals surface area contributed by atoms with Crippen LogP contribution in [-0.2, 0) is 14.8 Å². The number of amidine groups is 1. The molecule has 0 aliphatic carbocycles. The summed E-state index contributed by atoms with van der Waals surface area (Å²) in [5.41, 5.74) is 3.93. The van der Waals surface area contributed by atoms with Gasteiger partial charge in [-0.25, -0.2) is 0 Å². The molecule has 3 aromatic rings. The molecule has 0 unspecified atom stereocenters. The fraction of sp³-hybridized carbons (Fsp3) is 0. The maximum atomic E-state index is 13.0. The minimum Gasteiger partial charge on any atom is -0.457 e. The molecule has 1 N–H and O–H groups in total. The van der Waals surface area contributed by atoms with Crippen LogP contribution >= 0.6 is 24.0 Å². The molecule has 0 aromatic heterocycles. The van der Waals surface area contributed by atoms with E-state index in [2.05, 4.69) is 9.82 Å². The van der Waals surface area contributed by atoms with E-state index >= 15 is 0 Å². The fourth-order valence-electron chi connectivity index (χ4n) is 3.30. The molecule has 164 valence electrons. The maximum Gasteiger partial charge on any atom is 0.285 e. The van der Waals surface area contributed by atoms with Crippen molar-refractivity contribution in [2.75, 3.05) is 0 Å². The Bertz CT molecular complexity index is 1450. The number of ether oxygens (including phenoxy) is 1. The lowest BCUT2D eigenvalue weighted by Gasteiger charge is -2.16. The maximum absolute atomic E-state index is 13.0. The highest BCUT2D eigenvalue weighted by Gasteiger charge is 2.36. The number of amides is 1. The zero-order chi connectivity index (χ0) is 23.0. The lowest BCUT2D eigenvalue weighted by atomic mass is 10.2.